The predicted octanol–water partition coefficient (Wildman–Crippen LogP) is 1.69. The van der Waals surface area contributed by atoms with Crippen LogP contribution in [0.15, 0.2) is 18.5 Å². The zero-order valence-electron chi connectivity index (χ0n) is 12.2. The van der Waals surface area contributed by atoms with Crippen molar-refractivity contribution in [2.45, 2.75) is 32.7 Å². The average molecular weight is 272 g/mol. The minimum absolute atomic E-state index is 0.0269. The average Bonchev–Trinajstić information content (AvgIpc) is 2.86. The van der Waals surface area contributed by atoms with Gasteiger partial charge in [0.15, 0.2) is 0 Å². The van der Waals surface area contributed by atoms with Crippen molar-refractivity contribution in [3.8, 4) is 6.07 Å². The molecular weight excluding hydrogens is 252 g/mol. The van der Waals surface area contributed by atoms with Crippen LogP contribution in [0.3, 0.4) is 0 Å². The van der Waals surface area contributed by atoms with Crippen LogP contribution in [0.1, 0.15) is 32.8 Å². The number of nitrogens with one attached hydrogen (secondary N) is 1. The SMILES string of the molecule is CC(C)(C)NC(=O)C1CCN(c2cnccc2C#N)C1. The summed E-state index contributed by atoms with van der Waals surface area (Å²) >= 11 is 0. The van der Waals surface area contributed by atoms with Crippen LogP contribution in [-0.2, 0) is 4.79 Å². The number of hydrogen-bond donors (Lipinski definition) is 1. The molecule has 0 radical (unpaired) electrons. The number of anilines is 1. The van der Waals surface area contributed by atoms with Gasteiger partial charge in [0.25, 0.3) is 0 Å². The zero-order chi connectivity index (χ0) is 14.8. The van der Waals surface area contributed by atoms with Crippen molar-refractivity contribution in [3.63, 3.8) is 0 Å². The molecule has 1 aliphatic heterocycles. The van der Waals surface area contributed by atoms with E-state index >= 15 is 0 Å². The molecule has 1 aromatic heterocycles. The van der Waals surface area contributed by atoms with Gasteiger partial charge in [-0.2, -0.15) is 5.26 Å². The van der Waals surface area contributed by atoms with E-state index in [1.807, 2.05) is 20.8 Å². The van der Waals surface area contributed by atoms with Crippen LogP contribution in [0.4, 0.5) is 5.69 Å². The number of nitrogens with zero attached hydrogens (tertiary/aromatic N) is 3. The van der Waals surface area contributed by atoms with Gasteiger partial charge in [0.2, 0.25) is 5.91 Å². The molecule has 0 saturated carbocycles. The lowest BCUT2D eigenvalue weighted by Crippen LogP contribution is -2.44. The predicted molar refractivity (Wildman–Crippen MR) is 77.2 cm³/mol. The number of hydrogen-bond acceptors (Lipinski definition) is 4. The van der Waals surface area contributed by atoms with Gasteiger partial charge >= 0.3 is 0 Å². The minimum atomic E-state index is -0.212. The maximum atomic E-state index is 12.2. The largest absolute Gasteiger partial charge is 0.368 e. The van der Waals surface area contributed by atoms with Crippen LogP contribution in [0, 0.1) is 17.2 Å². The second kappa shape index (κ2) is 5.49. The number of carbonyl (C=O) groups excluding carboxylic acids is 1. The van der Waals surface area contributed by atoms with Crippen molar-refractivity contribution in [2.75, 3.05) is 18.0 Å². The molecule has 0 aliphatic carbocycles. The Kier molecular flexibility index (Phi) is 3.93. The Morgan fingerprint density at radius 2 is 2.30 bits per heavy atom. The number of amides is 1. The number of pyridine rings is 1. The summed E-state index contributed by atoms with van der Waals surface area (Å²) in [5.74, 6) is 0.0587. The summed E-state index contributed by atoms with van der Waals surface area (Å²) in [6.45, 7) is 7.36. The van der Waals surface area contributed by atoms with Crippen LogP contribution in [0.2, 0.25) is 0 Å². The third kappa shape index (κ3) is 3.27. The van der Waals surface area contributed by atoms with Gasteiger partial charge in [0.1, 0.15) is 6.07 Å². The molecule has 5 heteroatoms. The maximum absolute atomic E-state index is 12.2. The van der Waals surface area contributed by atoms with Gasteiger partial charge in [-0.15, -0.1) is 0 Å². The summed E-state index contributed by atoms with van der Waals surface area (Å²) in [6.07, 6.45) is 4.12. The topological polar surface area (TPSA) is 69.0 Å². The lowest BCUT2D eigenvalue weighted by molar-refractivity contribution is -0.125. The standard InChI is InChI=1S/C15H20N4O/c1-15(2,3)18-14(20)12-5-7-19(10-12)13-9-17-6-4-11(13)8-16/h4,6,9,12H,5,7,10H2,1-3H3,(H,18,20). The molecule has 1 amide bonds. The van der Waals surface area contributed by atoms with E-state index in [9.17, 15) is 4.79 Å². The second-order valence-electron chi connectivity index (χ2n) is 6.18. The monoisotopic (exact) mass is 272 g/mol. The Balaban J connectivity index is 2.06. The number of aromatic nitrogens is 1. The number of nitriles is 1. The number of carbonyl (C=O) groups is 1. The molecule has 2 rings (SSSR count). The molecule has 1 aromatic rings. The van der Waals surface area contributed by atoms with Crippen LogP contribution in [-0.4, -0.2) is 29.5 Å². The Morgan fingerprint density at radius 3 is 2.95 bits per heavy atom. The van der Waals surface area contributed by atoms with Gasteiger partial charge in [0.05, 0.1) is 23.4 Å². The van der Waals surface area contributed by atoms with Gasteiger partial charge in [-0.05, 0) is 33.3 Å². The summed E-state index contributed by atoms with van der Waals surface area (Å²) in [6, 6.07) is 3.88. The van der Waals surface area contributed by atoms with E-state index in [1.54, 1.807) is 18.5 Å². The summed E-state index contributed by atoms with van der Waals surface area (Å²) in [7, 11) is 0. The lowest BCUT2D eigenvalue weighted by atomic mass is 10.0. The van der Waals surface area contributed by atoms with Gasteiger partial charge in [-0.3, -0.25) is 9.78 Å². The quantitative estimate of drug-likeness (QED) is 0.889. The first-order valence-corrected chi connectivity index (χ1v) is 6.82. The first kappa shape index (κ1) is 14.3. The van der Waals surface area contributed by atoms with Crippen LogP contribution < -0.4 is 10.2 Å². The third-order valence-electron chi connectivity index (χ3n) is 3.32. The highest BCUT2D eigenvalue weighted by molar-refractivity contribution is 5.81. The van der Waals surface area contributed by atoms with E-state index in [-0.39, 0.29) is 17.4 Å². The summed E-state index contributed by atoms with van der Waals surface area (Å²) < 4.78 is 0. The minimum Gasteiger partial charge on any atom is -0.368 e. The lowest BCUT2D eigenvalue weighted by Gasteiger charge is -2.23. The Hall–Kier alpha value is -2.09. The molecule has 5 nitrogen and oxygen atoms in total. The molecule has 1 fully saturated rings. The molecule has 2 heterocycles. The highest BCUT2D eigenvalue weighted by Gasteiger charge is 2.31. The molecule has 1 atom stereocenters. The Labute approximate surface area is 119 Å². The molecule has 1 N–H and O–H groups in total. The number of rotatable bonds is 2. The van der Waals surface area contributed by atoms with Crippen molar-refractivity contribution in [1.29, 1.82) is 5.26 Å². The van der Waals surface area contributed by atoms with Crippen molar-refractivity contribution in [3.05, 3.63) is 24.0 Å². The fraction of sp³-hybridized carbons (Fsp3) is 0.533. The molecule has 0 spiro atoms. The first-order chi connectivity index (χ1) is 9.40. The van der Waals surface area contributed by atoms with Crippen LogP contribution >= 0.6 is 0 Å². The smallest absolute Gasteiger partial charge is 0.225 e. The van der Waals surface area contributed by atoms with Crippen LogP contribution in [0.5, 0.6) is 0 Å². The van der Waals surface area contributed by atoms with Gasteiger partial charge in [-0.25, -0.2) is 0 Å². The van der Waals surface area contributed by atoms with Crippen molar-refractivity contribution in [2.24, 2.45) is 5.92 Å². The third-order valence-corrected chi connectivity index (χ3v) is 3.32. The first-order valence-electron chi connectivity index (χ1n) is 6.82. The summed E-state index contributed by atoms with van der Waals surface area (Å²) in [5, 5.41) is 12.1. The summed E-state index contributed by atoms with van der Waals surface area (Å²) in [4.78, 5) is 18.3. The summed E-state index contributed by atoms with van der Waals surface area (Å²) in [5.41, 5.74) is 1.22. The maximum Gasteiger partial charge on any atom is 0.225 e. The fourth-order valence-corrected chi connectivity index (χ4v) is 2.40. The molecule has 1 unspecified atom stereocenters. The van der Waals surface area contributed by atoms with Crippen molar-refractivity contribution in [1.82, 2.24) is 10.3 Å². The van der Waals surface area contributed by atoms with E-state index < -0.39 is 0 Å². The van der Waals surface area contributed by atoms with Crippen LogP contribution in [0.25, 0.3) is 0 Å². The highest BCUT2D eigenvalue weighted by Crippen LogP contribution is 2.26. The van der Waals surface area contributed by atoms with E-state index in [0.29, 0.717) is 12.1 Å². The Morgan fingerprint density at radius 1 is 1.55 bits per heavy atom. The molecule has 1 saturated heterocycles. The van der Waals surface area contributed by atoms with E-state index in [4.69, 9.17) is 5.26 Å². The second-order valence-corrected chi connectivity index (χ2v) is 6.18. The van der Waals surface area contributed by atoms with Crippen molar-refractivity contribution >= 4 is 11.6 Å². The molecule has 20 heavy (non-hydrogen) atoms. The van der Waals surface area contributed by atoms with Gasteiger partial charge in [-0.1, -0.05) is 0 Å². The highest BCUT2D eigenvalue weighted by atomic mass is 16.2. The zero-order valence-corrected chi connectivity index (χ0v) is 12.2. The molecule has 106 valence electrons. The Bertz CT molecular complexity index is 542. The van der Waals surface area contributed by atoms with Gasteiger partial charge in [0, 0.05) is 24.8 Å². The normalized spacial score (nSPS) is 18.7. The fourth-order valence-electron chi connectivity index (χ4n) is 2.40. The molecule has 1 aliphatic rings. The van der Waals surface area contributed by atoms with E-state index in [0.717, 1.165) is 18.7 Å². The molecular formula is C15H20N4O. The molecule has 0 bridgehead atoms. The van der Waals surface area contributed by atoms with E-state index in [1.165, 1.54) is 0 Å². The molecule has 0 aromatic carbocycles. The van der Waals surface area contributed by atoms with E-state index in [2.05, 4.69) is 21.3 Å². The van der Waals surface area contributed by atoms with Crippen molar-refractivity contribution < 1.29 is 4.79 Å². The van der Waals surface area contributed by atoms with Gasteiger partial charge < -0.3 is 10.2 Å².